The molecule has 0 spiro atoms. The lowest BCUT2D eigenvalue weighted by Gasteiger charge is -2.23. The highest BCUT2D eigenvalue weighted by atomic mass is 79.9. The van der Waals surface area contributed by atoms with Crippen LogP contribution in [0.25, 0.3) is 0 Å². The molecule has 1 fully saturated rings. The Bertz CT molecular complexity index is 402. The maximum absolute atomic E-state index is 5.96. The van der Waals surface area contributed by atoms with Crippen LogP contribution in [0.1, 0.15) is 44.6 Å². The van der Waals surface area contributed by atoms with E-state index in [1.165, 1.54) is 24.8 Å². The van der Waals surface area contributed by atoms with Crippen LogP contribution in [-0.4, -0.2) is 19.7 Å². The van der Waals surface area contributed by atoms with E-state index >= 15 is 0 Å². The maximum Gasteiger partial charge on any atom is 0.133 e. The van der Waals surface area contributed by atoms with Crippen molar-refractivity contribution in [1.29, 1.82) is 0 Å². The Morgan fingerprint density at radius 2 is 2.32 bits per heavy atom. The average Bonchev–Trinajstić information content (AvgIpc) is 2.46. The van der Waals surface area contributed by atoms with Crippen molar-refractivity contribution in [1.82, 2.24) is 5.32 Å². The van der Waals surface area contributed by atoms with Crippen LogP contribution in [0.4, 0.5) is 0 Å². The smallest absolute Gasteiger partial charge is 0.133 e. The third-order valence-corrected chi connectivity index (χ3v) is 4.63. The molecule has 1 heterocycles. The van der Waals surface area contributed by atoms with Crippen LogP contribution in [0.15, 0.2) is 22.7 Å². The van der Waals surface area contributed by atoms with Gasteiger partial charge in [0.2, 0.25) is 0 Å². The van der Waals surface area contributed by atoms with Gasteiger partial charge in [-0.15, -0.1) is 0 Å². The first-order valence-electron chi connectivity index (χ1n) is 7.33. The molecule has 0 aliphatic carbocycles. The van der Waals surface area contributed by atoms with Gasteiger partial charge in [-0.2, -0.15) is 0 Å². The fraction of sp³-hybridized carbons (Fsp3) is 0.625. The second kappa shape index (κ2) is 7.30. The molecule has 0 bridgehead atoms. The summed E-state index contributed by atoms with van der Waals surface area (Å²) in [6, 6.07) is 6.48. The Morgan fingerprint density at radius 3 is 2.95 bits per heavy atom. The van der Waals surface area contributed by atoms with Crippen molar-refractivity contribution in [2.75, 3.05) is 19.7 Å². The first-order chi connectivity index (χ1) is 9.20. The third kappa shape index (κ3) is 4.22. The van der Waals surface area contributed by atoms with Crippen LogP contribution in [0, 0.1) is 5.92 Å². The molecule has 2 atom stereocenters. The van der Waals surface area contributed by atoms with Gasteiger partial charge < -0.3 is 10.1 Å². The molecule has 0 radical (unpaired) electrons. The standard InChI is InChI=1S/C16H24BrNO/c1-3-12(2)14-6-7-16(15(17)9-14)19-11-13-5-4-8-18-10-13/h6-7,9,12-13,18H,3-5,8,10-11H2,1-2H3/t12-,13-/m1/s1. The summed E-state index contributed by atoms with van der Waals surface area (Å²) in [5.41, 5.74) is 1.38. The number of nitrogens with one attached hydrogen (secondary N) is 1. The average molecular weight is 326 g/mol. The highest BCUT2D eigenvalue weighted by Crippen LogP contribution is 2.30. The van der Waals surface area contributed by atoms with Crippen molar-refractivity contribution in [3.63, 3.8) is 0 Å². The van der Waals surface area contributed by atoms with E-state index in [0.717, 1.165) is 29.9 Å². The molecule has 0 amide bonds. The minimum absolute atomic E-state index is 0.605. The van der Waals surface area contributed by atoms with Crippen molar-refractivity contribution in [3.8, 4) is 5.75 Å². The van der Waals surface area contributed by atoms with Crippen LogP contribution in [-0.2, 0) is 0 Å². The van der Waals surface area contributed by atoms with Gasteiger partial charge in [-0.1, -0.05) is 19.9 Å². The van der Waals surface area contributed by atoms with Gasteiger partial charge in [0.25, 0.3) is 0 Å². The van der Waals surface area contributed by atoms with E-state index < -0.39 is 0 Å². The molecular weight excluding hydrogens is 302 g/mol. The van der Waals surface area contributed by atoms with Crippen molar-refractivity contribution < 1.29 is 4.74 Å². The molecule has 0 aromatic heterocycles. The summed E-state index contributed by atoms with van der Waals surface area (Å²) in [6.07, 6.45) is 3.71. The van der Waals surface area contributed by atoms with Gasteiger partial charge in [-0.3, -0.25) is 0 Å². The quantitative estimate of drug-likeness (QED) is 0.869. The summed E-state index contributed by atoms with van der Waals surface area (Å²) in [5.74, 6) is 2.22. The van der Waals surface area contributed by atoms with Gasteiger partial charge in [0.05, 0.1) is 11.1 Å². The van der Waals surface area contributed by atoms with E-state index in [-0.39, 0.29) is 0 Å². The summed E-state index contributed by atoms with van der Waals surface area (Å²) < 4.78 is 7.04. The van der Waals surface area contributed by atoms with E-state index in [1.54, 1.807) is 0 Å². The van der Waals surface area contributed by atoms with E-state index in [9.17, 15) is 0 Å². The van der Waals surface area contributed by atoms with Gasteiger partial charge in [-0.25, -0.2) is 0 Å². The van der Waals surface area contributed by atoms with Crippen molar-refractivity contribution in [2.24, 2.45) is 5.92 Å². The van der Waals surface area contributed by atoms with Crippen LogP contribution < -0.4 is 10.1 Å². The van der Waals surface area contributed by atoms with Crippen molar-refractivity contribution in [3.05, 3.63) is 28.2 Å². The number of halogens is 1. The molecule has 1 aliphatic heterocycles. The number of hydrogen-bond donors (Lipinski definition) is 1. The number of benzene rings is 1. The van der Waals surface area contributed by atoms with E-state index in [4.69, 9.17) is 4.74 Å². The number of rotatable bonds is 5. The maximum atomic E-state index is 5.96. The predicted molar refractivity (Wildman–Crippen MR) is 83.9 cm³/mol. The SMILES string of the molecule is CC[C@@H](C)c1ccc(OC[C@@H]2CCCNC2)c(Br)c1. The second-order valence-corrected chi connectivity index (χ2v) is 6.38. The fourth-order valence-corrected chi connectivity index (χ4v) is 2.96. The molecule has 2 rings (SSSR count). The lowest BCUT2D eigenvalue weighted by Crippen LogP contribution is -2.33. The molecule has 0 saturated carbocycles. The lowest BCUT2D eigenvalue weighted by atomic mass is 9.99. The molecule has 1 aromatic rings. The number of hydrogen-bond acceptors (Lipinski definition) is 2. The summed E-state index contributed by atoms with van der Waals surface area (Å²) in [4.78, 5) is 0. The van der Waals surface area contributed by atoms with Gasteiger partial charge in [0.15, 0.2) is 0 Å². The van der Waals surface area contributed by atoms with Gasteiger partial charge in [-0.05, 0) is 65.4 Å². The summed E-state index contributed by atoms with van der Waals surface area (Å²) in [5, 5.41) is 3.43. The van der Waals surface area contributed by atoms with Gasteiger partial charge in [0, 0.05) is 12.5 Å². The summed E-state index contributed by atoms with van der Waals surface area (Å²) in [7, 11) is 0. The van der Waals surface area contributed by atoms with Crippen LogP contribution >= 0.6 is 15.9 Å². The fourth-order valence-electron chi connectivity index (χ4n) is 2.45. The highest BCUT2D eigenvalue weighted by molar-refractivity contribution is 9.10. The minimum atomic E-state index is 0.605. The Morgan fingerprint density at radius 1 is 1.47 bits per heavy atom. The van der Waals surface area contributed by atoms with E-state index in [2.05, 4.69) is 53.3 Å². The van der Waals surface area contributed by atoms with E-state index in [1.807, 2.05) is 0 Å². The van der Waals surface area contributed by atoms with Gasteiger partial charge >= 0.3 is 0 Å². The zero-order valence-electron chi connectivity index (χ0n) is 11.9. The Labute approximate surface area is 125 Å². The van der Waals surface area contributed by atoms with Crippen LogP contribution in [0.3, 0.4) is 0 Å². The molecular formula is C16H24BrNO. The zero-order valence-corrected chi connectivity index (χ0v) is 13.5. The largest absolute Gasteiger partial charge is 0.492 e. The molecule has 0 unspecified atom stereocenters. The lowest BCUT2D eigenvalue weighted by molar-refractivity contribution is 0.217. The monoisotopic (exact) mass is 325 g/mol. The number of ether oxygens (including phenoxy) is 1. The first kappa shape index (κ1) is 14.9. The van der Waals surface area contributed by atoms with E-state index in [0.29, 0.717) is 11.8 Å². The molecule has 106 valence electrons. The van der Waals surface area contributed by atoms with Crippen LogP contribution in [0.2, 0.25) is 0 Å². The predicted octanol–water partition coefficient (Wildman–Crippen LogP) is 4.34. The highest BCUT2D eigenvalue weighted by Gasteiger charge is 2.14. The van der Waals surface area contributed by atoms with Crippen LogP contribution in [0.5, 0.6) is 5.75 Å². The number of piperidine rings is 1. The molecule has 1 aliphatic rings. The Balaban J connectivity index is 1.93. The minimum Gasteiger partial charge on any atom is -0.492 e. The molecule has 1 aromatic carbocycles. The molecule has 2 nitrogen and oxygen atoms in total. The topological polar surface area (TPSA) is 21.3 Å². The summed E-state index contributed by atoms with van der Waals surface area (Å²) in [6.45, 7) is 7.54. The van der Waals surface area contributed by atoms with Gasteiger partial charge in [0.1, 0.15) is 5.75 Å². The molecule has 1 saturated heterocycles. The Kier molecular flexibility index (Phi) is 5.71. The third-order valence-electron chi connectivity index (χ3n) is 4.01. The van der Waals surface area contributed by atoms with Crippen molar-refractivity contribution >= 4 is 15.9 Å². The molecule has 19 heavy (non-hydrogen) atoms. The summed E-state index contributed by atoms with van der Waals surface area (Å²) >= 11 is 3.63. The normalized spacial score (nSPS) is 21.1. The molecule has 1 N–H and O–H groups in total. The first-order valence-corrected chi connectivity index (χ1v) is 8.13. The zero-order chi connectivity index (χ0) is 13.7. The second-order valence-electron chi connectivity index (χ2n) is 5.52. The van der Waals surface area contributed by atoms with Crippen molar-refractivity contribution in [2.45, 2.75) is 39.0 Å². The molecule has 3 heteroatoms. The Hall–Kier alpha value is -0.540.